The van der Waals surface area contributed by atoms with Gasteiger partial charge in [0.2, 0.25) is 11.8 Å². The number of alkyl halides is 2. The fraction of sp³-hybridized carbons (Fsp3) is 0.556. The van der Waals surface area contributed by atoms with Crippen molar-refractivity contribution in [3.8, 4) is 0 Å². The zero-order chi connectivity index (χ0) is 19.1. The molecular formula is C18H20F4N2O2. The van der Waals surface area contributed by atoms with E-state index in [1.165, 1.54) is 0 Å². The first-order valence-corrected chi connectivity index (χ1v) is 8.65. The average molecular weight is 372 g/mol. The van der Waals surface area contributed by atoms with Gasteiger partial charge in [0, 0.05) is 12.0 Å². The quantitative estimate of drug-likeness (QED) is 0.656. The molecule has 2 aliphatic heterocycles. The van der Waals surface area contributed by atoms with Crippen molar-refractivity contribution >= 4 is 11.8 Å². The minimum Gasteiger partial charge on any atom is -0.298 e. The van der Waals surface area contributed by atoms with Crippen LogP contribution in [0.25, 0.3) is 0 Å². The van der Waals surface area contributed by atoms with Crippen LogP contribution in [-0.4, -0.2) is 42.3 Å². The summed E-state index contributed by atoms with van der Waals surface area (Å²) in [5.41, 5.74) is -0.565. The molecule has 3 rings (SSSR count). The minimum atomic E-state index is -3.17. The van der Waals surface area contributed by atoms with Crippen LogP contribution in [0.3, 0.4) is 0 Å². The lowest BCUT2D eigenvalue weighted by Crippen LogP contribution is -2.47. The summed E-state index contributed by atoms with van der Waals surface area (Å²) in [6.07, 6.45) is 0.104. The molecule has 0 saturated carbocycles. The van der Waals surface area contributed by atoms with Crippen molar-refractivity contribution in [3.63, 3.8) is 0 Å². The van der Waals surface area contributed by atoms with E-state index in [1.54, 1.807) is 11.8 Å². The molecule has 0 aromatic heterocycles. The van der Waals surface area contributed by atoms with Crippen molar-refractivity contribution in [1.29, 1.82) is 0 Å². The van der Waals surface area contributed by atoms with Gasteiger partial charge in [-0.15, -0.1) is 0 Å². The number of carbonyl (C=O) groups excluding carboxylic acids is 2. The van der Waals surface area contributed by atoms with Gasteiger partial charge in [-0.3, -0.25) is 19.8 Å². The Morgan fingerprint density at radius 2 is 1.81 bits per heavy atom. The predicted molar refractivity (Wildman–Crippen MR) is 85.9 cm³/mol. The van der Waals surface area contributed by atoms with E-state index in [0.29, 0.717) is 13.1 Å². The van der Waals surface area contributed by atoms with Gasteiger partial charge in [-0.25, -0.2) is 17.6 Å². The van der Waals surface area contributed by atoms with E-state index in [1.807, 2.05) is 0 Å². The molecule has 142 valence electrons. The maximum Gasteiger partial charge on any atom is 0.267 e. The number of halogens is 4. The van der Waals surface area contributed by atoms with Gasteiger partial charge < -0.3 is 0 Å². The van der Waals surface area contributed by atoms with Crippen LogP contribution in [0, 0.1) is 11.6 Å². The minimum absolute atomic E-state index is 0.0206. The lowest BCUT2D eigenvalue weighted by atomic mass is 9.83. The molecule has 8 heteroatoms. The van der Waals surface area contributed by atoms with Crippen LogP contribution in [0.15, 0.2) is 12.1 Å². The van der Waals surface area contributed by atoms with Crippen molar-refractivity contribution in [2.45, 2.75) is 43.9 Å². The Hall–Kier alpha value is -1.96. The van der Waals surface area contributed by atoms with Crippen molar-refractivity contribution in [2.24, 2.45) is 0 Å². The summed E-state index contributed by atoms with van der Waals surface area (Å²) in [5, 5.41) is 2.08. The first-order chi connectivity index (χ1) is 12.2. The highest BCUT2D eigenvalue weighted by molar-refractivity contribution is 6.00. The molecule has 1 aromatic carbocycles. The van der Waals surface area contributed by atoms with Crippen LogP contribution < -0.4 is 5.32 Å². The SMILES string of the molecule is CCN1CCC(c2cc(F)c(C3CCC(=O)NC3=O)cc2F)C(F)(F)C1. The predicted octanol–water partition coefficient (Wildman–Crippen LogP) is 2.93. The molecule has 4 nitrogen and oxygen atoms in total. The molecule has 1 N–H and O–H groups in total. The van der Waals surface area contributed by atoms with E-state index in [0.717, 1.165) is 12.1 Å². The van der Waals surface area contributed by atoms with Crippen LogP contribution in [0.4, 0.5) is 17.6 Å². The molecule has 1 aromatic rings. The second kappa shape index (κ2) is 6.98. The highest BCUT2D eigenvalue weighted by Gasteiger charge is 2.46. The molecule has 0 bridgehead atoms. The molecule has 2 aliphatic rings. The van der Waals surface area contributed by atoms with Gasteiger partial charge in [0.1, 0.15) is 11.6 Å². The Morgan fingerprint density at radius 1 is 1.15 bits per heavy atom. The van der Waals surface area contributed by atoms with E-state index in [-0.39, 0.29) is 30.4 Å². The van der Waals surface area contributed by atoms with E-state index in [9.17, 15) is 27.2 Å². The number of benzene rings is 1. The third-order valence-electron chi connectivity index (χ3n) is 5.23. The molecule has 2 fully saturated rings. The molecule has 2 amide bonds. The smallest absolute Gasteiger partial charge is 0.267 e. The third kappa shape index (κ3) is 3.47. The second-order valence-electron chi connectivity index (χ2n) is 6.87. The molecule has 2 saturated heterocycles. The fourth-order valence-corrected chi connectivity index (χ4v) is 3.77. The molecule has 2 atom stereocenters. The lowest BCUT2D eigenvalue weighted by Gasteiger charge is -2.38. The average Bonchev–Trinajstić information content (AvgIpc) is 2.56. The van der Waals surface area contributed by atoms with Gasteiger partial charge in [-0.05, 0) is 43.6 Å². The Balaban J connectivity index is 1.90. The number of rotatable bonds is 3. The van der Waals surface area contributed by atoms with Crippen molar-refractivity contribution < 1.29 is 27.2 Å². The molecule has 0 radical (unpaired) electrons. The van der Waals surface area contributed by atoms with Gasteiger partial charge in [0.05, 0.1) is 18.4 Å². The van der Waals surface area contributed by atoms with Gasteiger partial charge in [0.25, 0.3) is 5.92 Å². The Bertz CT molecular complexity index is 738. The van der Waals surface area contributed by atoms with Gasteiger partial charge in [-0.2, -0.15) is 0 Å². The topological polar surface area (TPSA) is 49.4 Å². The maximum atomic E-state index is 14.6. The number of imide groups is 1. The van der Waals surface area contributed by atoms with E-state index < -0.39 is 47.8 Å². The Kier molecular flexibility index (Phi) is 5.05. The van der Waals surface area contributed by atoms with Crippen LogP contribution in [0.1, 0.15) is 49.1 Å². The summed E-state index contributed by atoms with van der Waals surface area (Å²) >= 11 is 0. The van der Waals surface area contributed by atoms with E-state index >= 15 is 0 Å². The summed E-state index contributed by atoms with van der Waals surface area (Å²) in [6, 6.07) is 1.61. The maximum absolute atomic E-state index is 14.6. The zero-order valence-corrected chi connectivity index (χ0v) is 14.3. The van der Waals surface area contributed by atoms with Gasteiger partial charge >= 0.3 is 0 Å². The van der Waals surface area contributed by atoms with E-state index in [4.69, 9.17) is 0 Å². The van der Waals surface area contributed by atoms with Crippen LogP contribution in [0.2, 0.25) is 0 Å². The number of amides is 2. The highest BCUT2D eigenvalue weighted by atomic mass is 19.3. The molecular weight excluding hydrogens is 352 g/mol. The van der Waals surface area contributed by atoms with Crippen LogP contribution in [0.5, 0.6) is 0 Å². The summed E-state index contributed by atoms with van der Waals surface area (Å²) < 4.78 is 58.0. The Labute approximate surface area is 148 Å². The summed E-state index contributed by atoms with van der Waals surface area (Å²) in [5.74, 6) is -8.59. The zero-order valence-electron chi connectivity index (χ0n) is 14.3. The normalized spacial score (nSPS) is 26.7. The van der Waals surface area contributed by atoms with Crippen LogP contribution in [-0.2, 0) is 9.59 Å². The largest absolute Gasteiger partial charge is 0.298 e. The number of hydrogen-bond acceptors (Lipinski definition) is 3. The number of nitrogens with one attached hydrogen (secondary N) is 1. The lowest BCUT2D eigenvalue weighted by molar-refractivity contribution is -0.134. The van der Waals surface area contributed by atoms with Crippen molar-refractivity contribution in [1.82, 2.24) is 10.2 Å². The van der Waals surface area contributed by atoms with Crippen molar-refractivity contribution in [2.75, 3.05) is 19.6 Å². The number of piperidine rings is 2. The summed E-state index contributed by atoms with van der Waals surface area (Å²) in [7, 11) is 0. The number of hydrogen-bond donors (Lipinski definition) is 1. The number of nitrogens with zero attached hydrogens (tertiary/aromatic N) is 1. The van der Waals surface area contributed by atoms with Gasteiger partial charge in [0.15, 0.2) is 0 Å². The second-order valence-corrected chi connectivity index (χ2v) is 6.87. The molecule has 2 heterocycles. The number of likely N-dealkylation sites (tertiary alicyclic amines) is 1. The monoisotopic (exact) mass is 372 g/mol. The van der Waals surface area contributed by atoms with Gasteiger partial charge in [-0.1, -0.05) is 6.92 Å². The fourth-order valence-electron chi connectivity index (χ4n) is 3.77. The molecule has 26 heavy (non-hydrogen) atoms. The van der Waals surface area contributed by atoms with Crippen LogP contribution >= 0.6 is 0 Å². The summed E-state index contributed by atoms with van der Waals surface area (Å²) in [6.45, 7) is 2.12. The summed E-state index contributed by atoms with van der Waals surface area (Å²) in [4.78, 5) is 24.7. The Morgan fingerprint density at radius 3 is 2.42 bits per heavy atom. The standard InChI is InChI=1S/C18H20F4N2O2/c1-2-24-6-5-13(18(21,22)9-24)12-8-14(19)11(7-15(12)20)10-3-4-16(25)23-17(10)26/h7-8,10,13H,2-6,9H2,1H3,(H,23,25,26). The molecule has 0 aliphatic carbocycles. The molecule has 0 spiro atoms. The third-order valence-corrected chi connectivity index (χ3v) is 5.23. The van der Waals surface area contributed by atoms with Crippen molar-refractivity contribution in [3.05, 3.63) is 34.9 Å². The first-order valence-electron chi connectivity index (χ1n) is 8.65. The first kappa shape index (κ1) is 18.8. The highest BCUT2D eigenvalue weighted by Crippen LogP contribution is 2.42. The van der Waals surface area contributed by atoms with E-state index in [2.05, 4.69) is 5.32 Å². The number of carbonyl (C=O) groups is 2. The molecule has 2 unspecified atom stereocenters.